The molecule has 0 fully saturated rings. The molecule has 3 amide bonds. The lowest BCUT2D eigenvalue weighted by Crippen LogP contribution is -2.33. The number of benzene rings is 1. The molecular formula is C16H25N3O4. The highest BCUT2D eigenvalue weighted by atomic mass is 16.5. The smallest absolute Gasteiger partial charge is 0.319 e. The van der Waals surface area contributed by atoms with Gasteiger partial charge in [-0.1, -0.05) is 0 Å². The highest BCUT2D eigenvalue weighted by Crippen LogP contribution is 2.14. The van der Waals surface area contributed by atoms with Crippen molar-refractivity contribution in [2.24, 2.45) is 0 Å². The van der Waals surface area contributed by atoms with Crippen LogP contribution in [0.25, 0.3) is 0 Å². The minimum atomic E-state index is -0.348. The van der Waals surface area contributed by atoms with Crippen molar-refractivity contribution in [3.8, 4) is 5.75 Å². The van der Waals surface area contributed by atoms with Crippen molar-refractivity contribution in [3.05, 3.63) is 24.3 Å². The van der Waals surface area contributed by atoms with Crippen LogP contribution in [0.2, 0.25) is 0 Å². The second-order valence-corrected chi connectivity index (χ2v) is 4.76. The summed E-state index contributed by atoms with van der Waals surface area (Å²) in [5.41, 5.74) is 0.656. The maximum atomic E-state index is 11.7. The number of nitrogens with one attached hydrogen (secondary N) is 3. The van der Waals surface area contributed by atoms with E-state index in [0.29, 0.717) is 25.4 Å². The van der Waals surface area contributed by atoms with Gasteiger partial charge in [-0.15, -0.1) is 0 Å². The van der Waals surface area contributed by atoms with E-state index < -0.39 is 0 Å². The van der Waals surface area contributed by atoms with Gasteiger partial charge in [-0.05, 0) is 37.6 Å². The Kier molecular flexibility index (Phi) is 9.23. The minimum Gasteiger partial charge on any atom is -0.497 e. The second-order valence-electron chi connectivity index (χ2n) is 4.76. The molecule has 0 saturated carbocycles. The molecule has 0 atom stereocenters. The fraction of sp³-hybridized carbons (Fsp3) is 0.500. The molecule has 128 valence electrons. The van der Waals surface area contributed by atoms with Gasteiger partial charge in [0.25, 0.3) is 0 Å². The number of amides is 3. The molecule has 0 aliphatic rings. The highest BCUT2D eigenvalue weighted by Gasteiger charge is 2.04. The summed E-state index contributed by atoms with van der Waals surface area (Å²) in [4.78, 5) is 23.2. The van der Waals surface area contributed by atoms with Crippen LogP contribution in [0, 0.1) is 0 Å². The van der Waals surface area contributed by atoms with E-state index >= 15 is 0 Å². The van der Waals surface area contributed by atoms with Gasteiger partial charge in [-0.25, -0.2) is 4.79 Å². The molecule has 7 nitrogen and oxygen atoms in total. The van der Waals surface area contributed by atoms with Gasteiger partial charge in [0.05, 0.1) is 7.11 Å². The van der Waals surface area contributed by atoms with Gasteiger partial charge >= 0.3 is 6.03 Å². The first-order chi connectivity index (χ1) is 11.2. The minimum absolute atomic E-state index is 0.0914. The number of carbonyl (C=O) groups excluding carboxylic acids is 2. The summed E-state index contributed by atoms with van der Waals surface area (Å²) >= 11 is 0. The van der Waals surface area contributed by atoms with Crippen LogP contribution in [0.3, 0.4) is 0 Å². The van der Waals surface area contributed by atoms with Crippen molar-refractivity contribution in [1.29, 1.82) is 0 Å². The van der Waals surface area contributed by atoms with Gasteiger partial charge in [0.1, 0.15) is 5.75 Å². The SMILES string of the molecule is CCOCCCNC(=O)CCNC(=O)Nc1ccc(OC)cc1. The van der Waals surface area contributed by atoms with E-state index in [1.54, 1.807) is 31.4 Å². The zero-order chi connectivity index (χ0) is 16.9. The lowest BCUT2D eigenvalue weighted by molar-refractivity contribution is -0.120. The van der Waals surface area contributed by atoms with E-state index in [1.807, 2.05) is 6.92 Å². The Morgan fingerprint density at radius 3 is 2.48 bits per heavy atom. The molecule has 1 aromatic rings. The summed E-state index contributed by atoms with van der Waals surface area (Å²) in [5.74, 6) is 0.628. The number of hydrogen-bond donors (Lipinski definition) is 3. The predicted molar refractivity (Wildman–Crippen MR) is 88.8 cm³/mol. The molecule has 0 unspecified atom stereocenters. The first kappa shape index (κ1) is 18.8. The molecule has 1 rings (SSSR count). The van der Waals surface area contributed by atoms with Crippen LogP contribution in [0.1, 0.15) is 19.8 Å². The van der Waals surface area contributed by atoms with Crippen LogP contribution in [0.5, 0.6) is 5.75 Å². The fourth-order valence-electron chi connectivity index (χ4n) is 1.77. The molecule has 0 aliphatic carbocycles. The average molecular weight is 323 g/mol. The van der Waals surface area contributed by atoms with Crippen LogP contribution in [-0.4, -0.2) is 45.4 Å². The van der Waals surface area contributed by atoms with E-state index in [-0.39, 0.29) is 24.9 Å². The van der Waals surface area contributed by atoms with Crippen molar-refractivity contribution in [2.45, 2.75) is 19.8 Å². The molecule has 1 aromatic carbocycles. The van der Waals surface area contributed by atoms with E-state index in [9.17, 15) is 9.59 Å². The lowest BCUT2D eigenvalue weighted by Gasteiger charge is -2.09. The summed E-state index contributed by atoms with van der Waals surface area (Å²) in [6, 6.07) is 6.64. The van der Waals surface area contributed by atoms with Crippen molar-refractivity contribution in [2.75, 3.05) is 38.7 Å². The fourth-order valence-corrected chi connectivity index (χ4v) is 1.77. The number of anilines is 1. The monoisotopic (exact) mass is 323 g/mol. The summed E-state index contributed by atoms with van der Waals surface area (Å²) < 4.78 is 10.2. The van der Waals surface area contributed by atoms with E-state index in [4.69, 9.17) is 9.47 Å². The summed E-state index contributed by atoms with van der Waals surface area (Å²) in [6.45, 7) is 4.11. The zero-order valence-electron chi connectivity index (χ0n) is 13.7. The zero-order valence-corrected chi connectivity index (χ0v) is 13.7. The molecule has 0 radical (unpaired) electrons. The Morgan fingerprint density at radius 1 is 1.09 bits per heavy atom. The quantitative estimate of drug-likeness (QED) is 0.572. The predicted octanol–water partition coefficient (Wildman–Crippen LogP) is 1.75. The van der Waals surface area contributed by atoms with E-state index in [2.05, 4.69) is 16.0 Å². The third kappa shape index (κ3) is 8.67. The van der Waals surface area contributed by atoms with Gasteiger partial charge in [0, 0.05) is 38.4 Å². The van der Waals surface area contributed by atoms with E-state index in [1.165, 1.54) is 0 Å². The summed E-state index contributed by atoms with van der Waals surface area (Å²) in [5, 5.41) is 8.09. The average Bonchev–Trinajstić information content (AvgIpc) is 2.55. The van der Waals surface area contributed by atoms with Crippen molar-refractivity contribution in [1.82, 2.24) is 10.6 Å². The number of rotatable bonds is 10. The van der Waals surface area contributed by atoms with Crippen LogP contribution in [0.15, 0.2) is 24.3 Å². The molecule has 0 bridgehead atoms. The van der Waals surface area contributed by atoms with Gasteiger partial charge in [-0.2, -0.15) is 0 Å². The molecule has 0 heterocycles. The highest BCUT2D eigenvalue weighted by molar-refractivity contribution is 5.89. The normalized spacial score (nSPS) is 10.0. The Balaban J connectivity index is 2.12. The molecule has 0 saturated heterocycles. The standard InChI is InChI=1S/C16H25N3O4/c1-3-23-12-4-10-17-15(20)9-11-18-16(21)19-13-5-7-14(22-2)8-6-13/h5-8H,3-4,9-12H2,1-2H3,(H,17,20)(H2,18,19,21). The third-order valence-electron chi connectivity index (χ3n) is 2.98. The molecule has 7 heteroatoms. The molecule has 3 N–H and O–H groups in total. The van der Waals surface area contributed by atoms with Crippen LogP contribution in [0.4, 0.5) is 10.5 Å². The molecule has 23 heavy (non-hydrogen) atoms. The van der Waals surface area contributed by atoms with Crippen LogP contribution < -0.4 is 20.7 Å². The number of urea groups is 1. The Hall–Kier alpha value is -2.28. The van der Waals surface area contributed by atoms with Crippen molar-refractivity contribution >= 4 is 17.6 Å². The molecular weight excluding hydrogens is 298 g/mol. The first-order valence-corrected chi connectivity index (χ1v) is 7.69. The largest absolute Gasteiger partial charge is 0.497 e. The summed E-state index contributed by atoms with van der Waals surface area (Å²) in [6.07, 6.45) is 1.02. The Bertz CT molecular complexity index is 477. The maximum absolute atomic E-state index is 11.7. The van der Waals surface area contributed by atoms with Crippen LogP contribution in [-0.2, 0) is 9.53 Å². The lowest BCUT2D eigenvalue weighted by atomic mass is 10.3. The maximum Gasteiger partial charge on any atom is 0.319 e. The molecule has 0 aliphatic heterocycles. The number of methoxy groups -OCH3 is 1. The van der Waals surface area contributed by atoms with E-state index in [0.717, 1.165) is 12.2 Å². The number of ether oxygens (including phenoxy) is 2. The Morgan fingerprint density at radius 2 is 1.83 bits per heavy atom. The first-order valence-electron chi connectivity index (χ1n) is 7.69. The van der Waals surface area contributed by atoms with Crippen LogP contribution >= 0.6 is 0 Å². The van der Waals surface area contributed by atoms with Crippen molar-refractivity contribution < 1.29 is 19.1 Å². The number of carbonyl (C=O) groups is 2. The second kappa shape index (κ2) is 11.3. The van der Waals surface area contributed by atoms with Gasteiger partial charge in [0.2, 0.25) is 5.91 Å². The van der Waals surface area contributed by atoms with Gasteiger partial charge in [0.15, 0.2) is 0 Å². The van der Waals surface area contributed by atoms with Gasteiger partial charge in [-0.3, -0.25) is 4.79 Å². The van der Waals surface area contributed by atoms with Crippen molar-refractivity contribution in [3.63, 3.8) is 0 Å². The number of hydrogen-bond acceptors (Lipinski definition) is 4. The molecule has 0 spiro atoms. The summed E-state index contributed by atoms with van der Waals surface area (Å²) in [7, 11) is 1.58. The topological polar surface area (TPSA) is 88.7 Å². The van der Waals surface area contributed by atoms with Gasteiger partial charge < -0.3 is 25.4 Å². The third-order valence-corrected chi connectivity index (χ3v) is 2.98. The Labute approximate surface area is 136 Å². The molecule has 0 aromatic heterocycles.